The highest BCUT2D eigenvalue weighted by atomic mass is 79.9. The second-order valence-electron chi connectivity index (χ2n) is 5.45. The number of nitrogens with one attached hydrogen (secondary N) is 1. The summed E-state index contributed by atoms with van der Waals surface area (Å²) in [4.78, 5) is 0. The standard InChI is InChI=1S/C13H15BrCl2N4/c1-13(2,3)17-6-8-7-20(19-18-8)10-5-4-9(14)11(15)12(10)16/h4-5,7,17H,6H2,1-3H3. The van der Waals surface area contributed by atoms with Gasteiger partial charge in [-0.1, -0.05) is 28.4 Å². The van der Waals surface area contributed by atoms with Crippen molar-refractivity contribution in [3.05, 3.63) is 38.5 Å². The quantitative estimate of drug-likeness (QED) is 0.814. The third-order valence-corrected chi connectivity index (χ3v) is 4.36. The van der Waals surface area contributed by atoms with Crippen LogP contribution in [0.2, 0.25) is 10.0 Å². The Morgan fingerprint density at radius 1 is 1.25 bits per heavy atom. The molecule has 0 radical (unpaired) electrons. The summed E-state index contributed by atoms with van der Waals surface area (Å²) in [7, 11) is 0. The predicted octanol–water partition coefficient (Wildman–Crippen LogP) is 4.22. The molecule has 0 amide bonds. The number of halogens is 3. The average Bonchev–Trinajstić information content (AvgIpc) is 2.81. The first-order valence-electron chi connectivity index (χ1n) is 6.08. The summed E-state index contributed by atoms with van der Waals surface area (Å²) in [5, 5.41) is 12.5. The number of benzene rings is 1. The molecule has 20 heavy (non-hydrogen) atoms. The molecular weight excluding hydrogens is 363 g/mol. The zero-order chi connectivity index (χ0) is 14.9. The van der Waals surface area contributed by atoms with Crippen LogP contribution in [0.15, 0.2) is 22.8 Å². The summed E-state index contributed by atoms with van der Waals surface area (Å²) in [6, 6.07) is 3.67. The van der Waals surface area contributed by atoms with Crippen LogP contribution >= 0.6 is 39.1 Å². The minimum absolute atomic E-state index is 0.0301. The van der Waals surface area contributed by atoms with E-state index >= 15 is 0 Å². The molecule has 0 bridgehead atoms. The highest BCUT2D eigenvalue weighted by Crippen LogP contribution is 2.34. The van der Waals surface area contributed by atoms with E-state index < -0.39 is 0 Å². The topological polar surface area (TPSA) is 42.7 Å². The Labute approximate surface area is 136 Å². The normalized spacial score (nSPS) is 11.9. The first-order chi connectivity index (χ1) is 9.28. The van der Waals surface area contributed by atoms with Gasteiger partial charge in [0.15, 0.2) is 0 Å². The number of hydrogen-bond acceptors (Lipinski definition) is 3. The van der Waals surface area contributed by atoms with Gasteiger partial charge in [0.05, 0.1) is 27.6 Å². The molecule has 0 saturated heterocycles. The van der Waals surface area contributed by atoms with Gasteiger partial charge in [0.2, 0.25) is 0 Å². The van der Waals surface area contributed by atoms with E-state index in [0.29, 0.717) is 22.3 Å². The van der Waals surface area contributed by atoms with E-state index in [4.69, 9.17) is 23.2 Å². The van der Waals surface area contributed by atoms with Crippen LogP contribution in [0.5, 0.6) is 0 Å². The molecule has 1 aromatic carbocycles. The highest BCUT2D eigenvalue weighted by molar-refractivity contribution is 9.10. The Morgan fingerprint density at radius 2 is 1.95 bits per heavy atom. The zero-order valence-corrected chi connectivity index (χ0v) is 14.5. The van der Waals surface area contributed by atoms with Gasteiger partial charge in [-0.25, -0.2) is 4.68 Å². The van der Waals surface area contributed by atoms with Crippen LogP contribution < -0.4 is 5.32 Å². The van der Waals surface area contributed by atoms with Gasteiger partial charge in [-0.05, 0) is 48.8 Å². The van der Waals surface area contributed by atoms with E-state index in [1.54, 1.807) is 4.68 Å². The Morgan fingerprint density at radius 3 is 2.60 bits per heavy atom. The monoisotopic (exact) mass is 376 g/mol. The summed E-state index contributed by atoms with van der Waals surface area (Å²) in [5.74, 6) is 0. The number of aromatic nitrogens is 3. The lowest BCUT2D eigenvalue weighted by Gasteiger charge is -2.19. The van der Waals surface area contributed by atoms with Crippen molar-refractivity contribution in [1.82, 2.24) is 20.3 Å². The van der Waals surface area contributed by atoms with Crippen LogP contribution in [-0.4, -0.2) is 20.5 Å². The molecule has 1 aromatic heterocycles. The summed E-state index contributed by atoms with van der Waals surface area (Å²) in [5.41, 5.74) is 1.58. The smallest absolute Gasteiger partial charge is 0.0969 e. The maximum absolute atomic E-state index is 6.23. The first-order valence-corrected chi connectivity index (χ1v) is 7.63. The molecule has 0 spiro atoms. The minimum Gasteiger partial charge on any atom is -0.306 e. The Kier molecular flexibility index (Phi) is 4.74. The number of nitrogens with zero attached hydrogens (tertiary/aromatic N) is 3. The Bertz CT molecular complexity index is 619. The summed E-state index contributed by atoms with van der Waals surface area (Å²) < 4.78 is 2.38. The van der Waals surface area contributed by atoms with E-state index in [1.165, 1.54) is 0 Å². The van der Waals surface area contributed by atoms with Crippen LogP contribution in [0.25, 0.3) is 5.69 Å². The molecule has 0 aliphatic rings. The lowest BCUT2D eigenvalue weighted by atomic mass is 10.1. The molecule has 0 saturated carbocycles. The SMILES string of the molecule is CC(C)(C)NCc1cn(-c2ccc(Br)c(Cl)c2Cl)nn1. The van der Waals surface area contributed by atoms with E-state index in [2.05, 4.69) is 52.3 Å². The number of hydrogen-bond donors (Lipinski definition) is 1. The summed E-state index contributed by atoms with van der Waals surface area (Å²) in [6.07, 6.45) is 1.84. The molecule has 108 valence electrons. The second-order valence-corrected chi connectivity index (χ2v) is 7.06. The van der Waals surface area contributed by atoms with Crippen molar-refractivity contribution in [2.24, 2.45) is 0 Å². The van der Waals surface area contributed by atoms with Crippen LogP contribution in [0.4, 0.5) is 0 Å². The second kappa shape index (κ2) is 6.02. The van der Waals surface area contributed by atoms with Crippen molar-refractivity contribution < 1.29 is 0 Å². The minimum atomic E-state index is 0.0301. The number of rotatable bonds is 3. The fourth-order valence-electron chi connectivity index (χ4n) is 1.55. The van der Waals surface area contributed by atoms with E-state index in [-0.39, 0.29) is 5.54 Å². The van der Waals surface area contributed by atoms with Crippen LogP contribution in [0, 0.1) is 0 Å². The van der Waals surface area contributed by atoms with Gasteiger partial charge in [0.1, 0.15) is 0 Å². The van der Waals surface area contributed by atoms with Crippen molar-refractivity contribution in [3.8, 4) is 5.69 Å². The molecule has 0 fully saturated rings. The third kappa shape index (κ3) is 3.73. The largest absolute Gasteiger partial charge is 0.306 e. The molecule has 0 atom stereocenters. The molecule has 2 aromatic rings. The van der Waals surface area contributed by atoms with Crippen LogP contribution in [0.3, 0.4) is 0 Å². The molecule has 1 heterocycles. The van der Waals surface area contributed by atoms with Gasteiger partial charge in [-0.3, -0.25) is 0 Å². The summed E-state index contributed by atoms with van der Waals surface area (Å²) >= 11 is 15.7. The lowest BCUT2D eigenvalue weighted by Crippen LogP contribution is -2.35. The van der Waals surface area contributed by atoms with Gasteiger partial charge in [0.25, 0.3) is 0 Å². The van der Waals surface area contributed by atoms with E-state index in [9.17, 15) is 0 Å². The zero-order valence-electron chi connectivity index (χ0n) is 11.4. The maximum atomic E-state index is 6.23. The van der Waals surface area contributed by atoms with Crippen molar-refractivity contribution in [1.29, 1.82) is 0 Å². The molecular formula is C13H15BrCl2N4. The maximum Gasteiger partial charge on any atom is 0.0969 e. The third-order valence-electron chi connectivity index (χ3n) is 2.60. The predicted molar refractivity (Wildman–Crippen MR) is 85.7 cm³/mol. The lowest BCUT2D eigenvalue weighted by molar-refractivity contribution is 0.421. The average molecular weight is 378 g/mol. The van der Waals surface area contributed by atoms with Gasteiger partial charge in [-0.2, -0.15) is 0 Å². The van der Waals surface area contributed by atoms with Crippen molar-refractivity contribution in [3.63, 3.8) is 0 Å². The van der Waals surface area contributed by atoms with Gasteiger partial charge < -0.3 is 5.32 Å². The molecule has 2 rings (SSSR count). The summed E-state index contributed by atoms with van der Waals surface area (Å²) in [6.45, 7) is 6.94. The van der Waals surface area contributed by atoms with Crippen molar-refractivity contribution >= 4 is 39.1 Å². The van der Waals surface area contributed by atoms with Crippen LogP contribution in [-0.2, 0) is 6.54 Å². The molecule has 0 aliphatic heterocycles. The van der Waals surface area contributed by atoms with Crippen LogP contribution in [0.1, 0.15) is 26.5 Å². The highest BCUT2D eigenvalue weighted by Gasteiger charge is 2.13. The van der Waals surface area contributed by atoms with Gasteiger partial charge in [-0.15, -0.1) is 5.10 Å². The van der Waals surface area contributed by atoms with Gasteiger partial charge in [0, 0.05) is 16.6 Å². The Hall–Kier alpha value is -0.620. The fourth-order valence-corrected chi connectivity index (χ4v) is 2.40. The molecule has 0 aliphatic carbocycles. The molecule has 1 N–H and O–H groups in total. The first kappa shape index (κ1) is 15.8. The molecule has 7 heteroatoms. The van der Waals surface area contributed by atoms with E-state index in [1.807, 2.05) is 18.3 Å². The fraction of sp³-hybridized carbons (Fsp3) is 0.385. The molecule has 4 nitrogen and oxygen atoms in total. The van der Waals surface area contributed by atoms with Crippen molar-refractivity contribution in [2.45, 2.75) is 32.9 Å². The van der Waals surface area contributed by atoms with Gasteiger partial charge >= 0.3 is 0 Å². The van der Waals surface area contributed by atoms with Crippen molar-refractivity contribution in [2.75, 3.05) is 0 Å². The van der Waals surface area contributed by atoms with E-state index in [0.717, 1.165) is 10.2 Å². The Balaban J connectivity index is 2.23. The molecule has 0 unspecified atom stereocenters.